The molecule has 8 rings (SSSR count). The number of fused-ring (bicyclic) bond motifs is 2. The predicted octanol–water partition coefficient (Wildman–Crippen LogP) is 4.63. The van der Waals surface area contributed by atoms with Crippen molar-refractivity contribution in [2.75, 3.05) is 38.2 Å². The fourth-order valence-electron chi connectivity index (χ4n) is 8.31. The summed E-state index contributed by atoms with van der Waals surface area (Å²) in [6.07, 6.45) is 12.6. The van der Waals surface area contributed by atoms with Crippen LogP contribution in [0.25, 0.3) is 22.3 Å². The van der Waals surface area contributed by atoms with Crippen molar-refractivity contribution >= 4 is 46.3 Å². The van der Waals surface area contributed by atoms with E-state index >= 15 is 0 Å². The van der Waals surface area contributed by atoms with Gasteiger partial charge in [-0.2, -0.15) is 5.10 Å². The lowest BCUT2D eigenvalue weighted by atomic mass is 9.84. The van der Waals surface area contributed by atoms with E-state index in [1.807, 2.05) is 34.2 Å². The molecule has 0 radical (unpaired) electrons. The fraction of sp³-hybridized carbons (Fsp3) is 0.450. The number of carbonyl (C=O) groups is 5. The van der Waals surface area contributed by atoms with Crippen LogP contribution in [0.2, 0.25) is 0 Å². The lowest BCUT2D eigenvalue weighted by Gasteiger charge is -2.32. The van der Waals surface area contributed by atoms with Crippen LogP contribution >= 0.6 is 0 Å². The molecule has 0 aliphatic carbocycles. The second-order valence-electron chi connectivity index (χ2n) is 14.7. The number of unbranched alkanes of at least 4 members (excludes halogenated alkanes) is 2. The third-order valence-electron chi connectivity index (χ3n) is 11.3. The number of amides is 5. The number of nitrogens with one attached hydrogen (secondary N) is 3. The van der Waals surface area contributed by atoms with Crippen molar-refractivity contribution in [3.63, 3.8) is 0 Å². The molecule has 2 aromatic heterocycles. The predicted molar refractivity (Wildman–Crippen MR) is 199 cm³/mol. The molecule has 5 amide bonds. The monoisotopic (exact) mass is 732 g/mol. The Kier molecular flexibility index (Phi) is 10.2. The topological polar surface area (TPSA) is 178 Å². The summed E-state index contributed by atoms with van der Waals surface area (Å²) in [6, 6.07) is 9.74. The Bertz CT molecular complexity index is 2120. The van der Waals surface area contributed by atoms with Crippen molar-refractivity contribution in [3.05, 3.63) is 71.2 Å². The molecule has 14 heteroatoms. The highest BCUT2D eigenvalue weighted by Crippen LogP contribution is 2.37. The number of benzene rings is 2. The summed E-state index contributed by atoms with van der Waals surface area (Å²) in [5.74, 6) is -1.99. The Balaban J connectivity index is 0.810. The lowest BCUT2D eigenvalue weighted by molar-refractivity contribution is -0.134. The molecule has 3 saturated heterocycles. The number of aromatic nitrogens is 4. The Morgan fingerprint density at radius 2 is 1.74 bits per heavy atom. The highest BCUT2D eigenvalue weighted by molar-refractivity contribution is 6.23. The lowest BCUT2D eigenvalue weighted by Crippen LogP contribution is -2.40. The summed E-state index contributed by atoms with van der Waals surface area (Å²) >= 11 is 0. The van der Waals surface area contributed by atoms with Gasteiger partial charge in [0.25, 0.3) is 11.8 Å². The molecule has 0 saturated carbocycles. The SMILES string of the molecule is O=C1CCC(c2c(NCCCCCC(=O)N3CCC(n4cc(-c5cnc6cccc(C7CCOCC7)c6n5)cn4)CC3)ccc3c2C(=O)NC3=O)C(=O)N1. The highest BCUT2D eigenvalue weighted by Gasteiger charge is 2.38. The first-order chi connectivity index (χ1) is 26.3. The number of ether oxygens (including phenoxy) is 1. The quantitative estimate of drug-likeness (QED) is 0.146. The minimum atomic E-state index is -0.719. The molecule has 3 N–H and O–H groups in total. The zero-order chi connectivity index (χ0) is 37.2. The summed E-state index contributed by atoms with van der Waals surface area (Å²) < 4.78 is 7.60. The molecule has 54 heavy (non-hydrogen) atoms. The maximum atomic E-state index is 13.1. The van der Waals surface area contributed by atoms with Crippen LogP contribution in [0.1, 0.15) is 114 Å². The van der Waals surface area contributed by atoms with Crippen LogP contribution in [0.3, 0.4) is 0 Å². The van der Waals surface area contributed by atoms with E-state index in [0.717, 1.165) is 80.5 Å². The zero-order valence-electron chi connectivity index (χ0n) is 30.1. The van der Waals surface area contributed by atoms with E-state index in [2.05, 4.69) is 28.1 Å². The Labute approximate surface area is 312 Å². The van der Waals surface area contributed by atoms with Gasteiger partial charge in [-0.15, -0.1) is 0 Å². The normalized spacial score (nSPS) is 19.6. The van der Waals surface area contributed by atoms with Crippen LogP contribution in [0, 0.1) is 0 Å². The summed E-state index contributed by atoms with van der Waals surface area (Å²) in [7, 11) is 0. The van der Waals surface area contributed by atoms with Crippen molar-refractivity contribution in [2.24, 2.45) is 0 Å². The number of imide groups is 2. The summed E-state index contributed by atoms with van der Waals surface area (Å²) in [6.45, 7) is 3.46. The van der Waals surface area contributed by atoms with Gasteiger partial charge in [-0.25, -0.2) is 4.98 Å². The van der Waals surface area contributed by atoms with Gasteiger partial charge in [-0.1, -0.05) is 18.6 Å². The molecular formula is C40H44N8O6. The first-order valence-corrected chi connectivity index (χ1v) is 19.1. The van der Waals surface area contributed by atoms with Crippen molar-refractivity contribution in [1.29, 1.82) is 0 Å². The third-order valence-corrected chi connectivity index (χ3v) is 11.3. The highest BCUT2D eigenvalue weighted by atomic mass is 16.5. The second kappa shape index (κ2) is 15.5. The smallest absolute Gasteiger partial charge is 0.259 e. The van der Waals surface area contributed by atoms with E-state index < -0.39 is 23.6 Å². The van der Waals surface area contributed by atoms with Crippen molar-refractivity contribution in [1.82, 2.24) is 35.3 Å². The number of hydrogen-bond acceptors (Lipinski definition) is 10. The minimum Gasteiger partial charge on any atom is -0.385 e. The summed E-state index contributed by atoms with van der Waals surface area (Å²) in [5, 5.41) is 12.7. The van der Waals surface area contributed by atoms with Gasteiger partial charge < -0.3 is 15.0 Å². The van der Waals surface area contributed by atoms with Crippen molar-refractivity contribution < 1.29 is 28.7 Å². The molecule has 4 aromatic rings. The van der Waals surface area contributed by atoms with Gasteiger partial charge in [0.1, 0.15) is 0 Å². The van der Waals surface area contributed by atoms with Gasteiger partial charge >= 0.3 is 0 Å². The third kappa shape index (κ3) is 7.22. The molecule has 3 fully saturated rings. The van der Waals surface area contributed by atoms with E-state index in [1.165, 1.54) is 5.56 Å². The first-order valence-electron chi connectivity index (χ1n) is 19.1. The van der Waals surface area contributed by atoms with E-state index in [0.29, 0.717) is 43.2 Å². The maximum absolute atomic E-state index is 13.1. The van der Waals surface area contributed by atoms with Gasteiger partial charge in [-0.3, -0.25) is 44.3 Å². The summed E-state index contributed by atoms with van der Waals surface area (Å²) in [5.41, 5.74) is 6.30. The van der Waals surface area contributed by atoms with Gasteiger partial charge in [0.05, 0.1) is 52.2 Å². The first kappa shape index (κ1) is 35.5. The molecule has 4 aliphatic rings. The number of para-hydroxylation sites is 1. The van der Waals surface area contributed by atoms with E-state index in [-0.39, 0.29) is 41.8 Å². The Morgan fingerprint density at radius 1 is 0.907 bits per heavy atom. The number of carbonyl (C=O) groups excluding carboxylic acids is 5. The van der Waals surface area contributed by atoms with Crippen LogP contribution in [-0.2, 0) is 19.1 Å². The average molecular weight is 733 g/mol. The molecule has 1 unspecified atom stereocenters. The molecule has 6 heterocycles. The fourth-order valence-corrected chi connectivity index (χ4v) is 8.31. The average Bonchev–Trinajstić information content (AvgIpc) is 3.80. The number of piperidine rings is 2. The molecule has 1 atom stereocenters. The van der Waals surface area contributed by atoms with Crippen LogP contribution in [0.4, 0.5) is 5.69 Å². The standard InChI is InChI=1S/C40H44N8O6/c49-33-11-9-28(38(51)45-33)35-30(10-8-29-36(35)40(53)46-39(29)52)41-16-3-1-2-7-34(50)47-17-12-26(13-18-47)48-23-25(21-43-48)32-22-42-31-6-4-5-27(37(31)44-32)24-14-19-54-20-15-24/h4-6,8,10,21-24,26,28,41H,1-3,7,9,11-20H2,(H,45,49,51)(H,46,52,53). The van der Waals surface area contributed by atoms with Gasteiger partial charge in [-0.05, 0) is 74.6 Å². The van der Waals surface area contributed by atoms with Crippen molar-refractivity contribution in [2.45, 2.75) is 82.1 Å². The summed E-state index contributed by atoms with van der Waals surface area (Å²) in [4.78, 5) is 74.4. The van der Waals surface area contributed by atoms with Crippen molar-refractivity contribution in [3.8, 4) is 11.3 Å². The van der Waals surface area contributed by atoms with E-state index in [9.17, 15) is 24.0 Å². The van der Waals surface area contributed by atoms with Crippen LogP contribution in [0.5, 0.6) is 0 Å². The maximum Gasteiger partial charge on any atom is 0.259 e. The molecular weight excluding hydrogens is 688 g/mol. The number of rotatable bonds is 11. The zero-order valence-corrected chi connectivity index (χ0v) is 30.1. The molecule has 2 aromatic carbocycles. The van der Waals surface area contributed by atoms with Crippen LogP contribution < -0.4 is 16.0 Å². The van der Waals surface area contributed by atoms with Gasteiger partial charge in [0, 0.05) is 68.7 Å². The van der Waals surface area contributed by atoms with Gasteiger partial charge in [0.15, 0.2) is 0 Å². The Morgan fingerprint density at radius 3 is 2.56 bits per heavy atom. The minimum absolute atomic E-state index is 0.156. The molecule has 0 spiro atoms. The molecule has 280 valence electrons. The number of hydrogen-bond donors (Lipinski definition) is 3. The Hall–Kier alpha value is -5.50. The van der Waals surface area contributed by atoms with E-state index in [4.69, 9.17) is 19.8 Å². The molecule has 4 aliphatic heterocycles. The number of likely N-dealkylation sites (tertiary alicyclic amines) is 1. The second-order valence-corrected chi connectivity index (χ2v) is 14.7. The van der Waals surface area contributed by atoms with E-state index in [1.54, 1.807) is 12.1 Å². The van der Waals surface area contributed by atoms with Gasteiger partial charge in [0.2, 0.25) is 17.7 Å². The molecule has 14 nitrogen and oxygen atoms in total. The largest absolute Gasteiger partial charge is 0.385 e. The van der Waals surface area contributed by atoms with Crippen LogP contribution in [-0.4, -0.2) is 87.0 Å². The van der Waals surface area contributed by atoms with Crippen LogP contribution in [0.15, 0.2) is 48.9 Å². The molecule has 0 bridgehead atoms. The number of nitrogens with zero attached hydrogens (tertiary/aromatic N) is 5. The number of anilines is 1.